The molecule has 2 aliphatic rings. The molecule has 1 N–H and O–H groups in total. The van der Waals surface area contributed by atoms with Crippen molar-refractivity contribution in [2.75, 3.05) is 33.8 Å². The van der Waals surface area contributed by atoms with Crippen molar-refractivity contribution in [1.29, 1.82) is 0 Å². The highest BCUT2D eigenvalue weighted by Gasteiger charge is 2.41. The van der Waals surface area contributed by atoms with Crippen molar-refractivity contribution in [3.05, 3.63) is 0 Å². The molecule has 0 aromatic heterocycles. The SMILES string of the molecule is CNC1COC2CN(C)CC12. The molecule has 0 saturated carbocycles. The quantitative estimate of drug-likeness (QED) is 0.556. The Kier molecular flexibility index (Phi) is 1.87. The fourth-order valence-corrected chi connectivity index (χ4v) is 2.21. The number of fused-ring (bicyclic) bond motifs is 1. The normalized spacial score (nSPS) is 44.7. The van der Waals surface area contributed by atoms with Gasteiger partial charge >= 0.3 is 0 Å². The van der Waals surface area contributed by atoms with E-state index in [4.69, 9.17) is 4.74 Å². The van der Waals surface area contributed by atoms with Gasteiger partial charge in [-0.2, -0.15) is 0 Å². The van der Waals surface area contributed by atoms with E-state index in [0.29, 0.717) is 12.1 Å². The van der Waals surface area contributed by atoms with Gasteiger partial charge < -0.3 is 15.0 Å². The fourth-order valence-electron chi connectivity index (χ4n) is 2.21. The lowest BCUT2D eigenvalue weighted by Gasteiger charge is -2.15. The highest BCUT2D eigenvalue weighted by atomic mass is 16.5. The number of likely N-dealkylation sites (tertiary alicyclic amines) is 1. The first-order valence-corrected chi connectivity index (χ1v) is 4.28. The smallest absolute Gasteiger partial charge is 0.0758 e. The van der Waals surface area contributed by atoms with Crippen LogP contribution in [0.1, 0.15) is 0 Å². The minimum atomic E-state index is 0.498. The maximum Gasteiger partial charge on any atom is 0.0758 e. The van der Waals surface area contributed by atoms with Crippen LogP contribution in [0.5, 0.6) is 0 Å². The third kappa shape index (κ3) is 1.17. The number of hydrogen-bond acceptors (Lipinski definition) is 3. The molecule has 0 amide bonds. The third-order valence-corrected chi connectivity index (χ3v) is 2.87. The second-order valence-electron chi connectivity index (χ2n) is 3.65. The molecule has 2 aliphatic heterocycles. The van der Waals surface area contributed by atoms with Crippen LogP contribution in [0.3, 0.4) is 0 Å². The van der Waals surface area contributed by atoms with Gasteiger partial charge in [-0.15, -0.1) is 0 Å². The average Bonchev–Trinajstić information content (AvgIpc) is 2.45. The summed E-state index contributed by atoms with van der Waals surface area (Å²) >= 11 is 0. The summed E-state index contributed by atoms with van der Waals surface area (Å²) in [5.74, 6) is 0.727. The molecule has 3 heteroatoms. The Bertz CT molecular complexity index is 149. The molecule has 0 bridgehead atoms. The maximum atomic E-state index is 5.65. The Hall–Kier alpha value is -0.120. The van der Waals surface area contributed by atoms with Crippen molar-refractivity contribution < 1.29 is 4.74 Å². The van der Waals surface area contributed by atoms with Crippen molar-refractivity contribution in [1.82, 2.24) is 10.2 Å². The summed E-state index contributed by atoms with van der Waals surface area (Å²) < 4.78 is 5.65. The number of hydrogen-bond donors (Lipinski definition) is 1. The summed E-state index contributed by atoms with van der Waals surface area (Å²) in [6.45, 7) is 3.21. The molecular formula is C8H16N2O. The predicted molar refractivity (Wildman–Crippen MR) is 43.6 cm³/mol. The molecule has 2 heterocycles. The van der Waals surface area contributed by atoms with Crippen molar-refractivity contribution in [2.24, 2.45) is 5.92 Å². The van der Waals surface area contributed by atoms with Gasteiger partial charge in [-0.25, -0.2) is 0 Å². The lowest BCUT2D eigenvalue weighted by molar-refractivity contribution is 0.101. The van der Waals surface area contributed by atoms with Crippen LogP contribution in [0.15, 0.2) is 0 Å². The van der Waals surface area contributed by atoms with Crippen LogP contribution in [0, 0.1) is 5.92 Å². The van der Waals surface area contributed by atoms with Crippen molar-refractivity contribution in [2.45, 2.75) is 12.1 Å². The van der Waals surface area contributed by atoms with Gasteiger partial charge in [0.1, 0.15) is 0 Å². The molecule has 11 heavy (non-hydrogen) atoms. The Labute approximate surface area is 67.7 Å². The third-order valence-electron chi connectivity index (χ3n) is 2.87. The minimum Gasteiger partial charge on any atom is -0.375 e. The summed E-state index contributed by atoms with van der Waals surface area (Å²) in [4.78, 5) is 2.35. The van der Waals surface area contributed by atoms with E-state index < -0.39 is 0 Å². The van der Waals surface area contributed by atoms with E-state index >= 15 is 0 Å². The van der Waals surface area contributed by atoms with Crippen LogP contribution < -0.4 is 5.32 Å². The Morgan fingerprint density at radius 1 is 1.45 bits per heavy atom. The van der Waals surface area contributed by atoms with E-state index in [1.165, 1.54) is 6.54 Å². The van der Waals surface area contributed by atoms with Crippen LogP contribution in [0.2, 0.25) is 0 Å². The first-order chi connectivity index (χ1) is 5.31. The molecule has 3 atom stereocenters. The predicted octanol–water partition coefficient (Wildman–Crippen LogP) is -0.465. The van der Waals surface area contributed by atoms with Crippen molar-refractivity contribution in [3.63, 3.8) is 0 Å². The largest absolute Gasteiger partial charge is 0.375 e. The zero-order valence-corrected chi connectivity index (χ0v) is 7.21. The molecule has 3 unspecified atom stereocenters. The highest BCUT2D eigenvalue weighted by molar-refractivity contribution is 4.95. The molecule has 0 aromatic rings. The Morgan fingerprint density at radius 3 is 3.00 bits per heavy atom. The average molecular weight is 156 g/mol. The van der Waals surface area contributed by atoms with Crippen molar-refractivity contribution in [3.8, 4) is 0 Å². The van der Waals surface area contributed by atoms with E-state index in [-0.39, 0.29) is 0 Å². The van der Waals surface area contributed by atoms with Crippen LogP contribution in [-0.2, 0) is 4.74 Å². The number of nitrogens with one attached hydrogen (secondary N) is 1. The van der Waals surface area contributed by atoms with Crippen LogP contribution >= 0.6 is 0 Å². The van der Waals surface area contributed by atoms with E-state index in [1.54, 1.807) is 0 Å². The second kappa shape index (κ2) is 2.73. The van der Waals surface area contributed by atoms with Gasteiger partial charge in [-0.05, 0) is 14.1 Å². The molecule has 64 valence electrons. The molecule has 0 radical (unpaired) electrons. The van der Waals surface area contributed by atoms with Crippen LogP contribution in [0.25, 0.3) is 0 Å². The van der Waals surface area contributed by atoms with Crippen LogP contribution in [-0.4, -0.2) is 50.8 Å². The summed E-state index contributed by atoms with van der Waals surface area (Å²) in [5, 5.41) is 3.30. The molecule has 3 nitrogen and oxygen atoms in total. The van der Waals surface area contributed by atoms with E-state index in [0.717, 1.165) is 19.1 Å². The summed E-state index contributed by atoms with van der Waals surface area (Å²) in [6.07, 6.45) is 0.498. The molecule has 2 saturated heterocycles. The molecule has 0 aliphatic carbocycles. The number of ether oxygens (including phenoxy) is 1. The topological polar surface area (TPSA) is 24.5 Å². The summed E-state index contributed by atoms with van der Waals surface area (Å²) in [5.41, 5.74) is 0. The van der Waals surface area contributed by atoms with Gasteiger partial charge in [0.05, 0.1) is 12.7 Å². The van der Waals surface area contributed by atoms with E-state index in [2.05, 4.69) is 17.3 Å². The molecule has 0 spiro atoms. The number of likely N-dealkylation sites (N-methyl/N-ethyl adjacent to an activating group) is 2. The lowest BCUT2D eigenvalue weighted by Crippen LogP contribution is -2.35. The van der Waals surface area contributed by atoms with Gasteiger partial charge in [0.15, 0.2) is 0 Å². The minimum absolute atomic E-state index is 0.498. The number of nitrogens with zero attached hydrogens (tertiary/aromatic N) is 1. The lowest BCUT2D eigenvalue weighted by atomic mass is 10.0. The van der Waals surface area contributed by atoms with Gasteiger partial charge in [0.25, 0.3) is 0 Å². The highest BCUT2D eigenvalue weighted by Crippen LogP contribution is 2.27. The second-order valence-corrected chi connectivity index (χ2v) is 3.65. The zero-order chi connectivity index (χ0) is 7.84. The molecule has 0 aromatic carbocycles. The number of rotatable bonds is 1. The molecule has 2 fully saturated rings. The standard InChI is InChI=1S/C8H16N2O/c1-9-7-5-11-8-4-10(2)3-6(7)8/h6-9H,3-5H2,1-2H3. The first-order valence-electron chi connectivity index (χ1n) is 4.28. The summed E-state index contributed by atoms with van der Waals surface area (Å²) in [7, 11) is 4.18. The van der Waals surface area contributed by atoms with E-state index in [9.17, 15) is 0 Å². The summed E-state index contributed by atoms with van der Waals surface area (Å²) in [6, 6.07) is 0.588. The van der Waals surface area contributed by atoms with Crippen molar-refractivity contribution >= 4 is 0 Å². The Morgan fingerprint density at radius 2 is 2.27 bits per heavy atom. The maximum absolute atomic E-state index is 5.65. The Balaban J connectivity index is 2.01. The van der Waals surface area contributed by atoms with Gasteiger partial charge in [0, 0.05) is 25.0 Å². The first kappa shape index (κ1) is 7.53. The van der Waals surface area contributed by atoms with Gasteiger partial charge in [0.2, 0.25) is 0 Å². The zero-order valence-electron chi connectivity index (χ0n) is 7.21. The monoisotopic (exact) mass is 156 g/mol. The fraction of sp³-hybridized carbons (Fsp3) is 1.00. The molecular weight excluding hydrogens is 140 g/mol. The van der Waals surface area contributed by atoms with Gasteiger partial charge in [-0.1, -0.05) is 0 Å². The van der Waals surface area contributed by atoms with Crippen LogP contribution in [0.4, 0.5) is 0 Å². The van der Waals surface area contributed by atoms with Gasteiger partial charge in [-0.3, -0.25) is 0 Å². The molecule has 2 rings (SSSR count). The van der Waals surface area contributed by atoms with E-state index in [1.807, 2.05) is 7.05 Å².